The van der Waals surface area contributed by atoms with Gasteiger partial charge in [-0.1, -0.05) is 25.4 Å². The van der Waals surface area contributed by atoms with E-state index in [0.29, 0.717) is 0 Å². The number of anilines is 1. The van der Waals surface area contributed by atoms with Crippen LogP contribution in [0.4, 0.5) is 10.1 Å². The van der Waals surface area contributed by atoms with Gasteiger partial charge in [0.25, 0.3) is 11.8 Å². The quantitative estimate of drug-likeness (QED) is 0.682. The fourth-order valence-corrected chi connectivity index (χ4v) is 2.42. The van der Waals surface area contributed by atoms with Gasteiger partial charge in [0.15, 0.2) is 11.9 Å². The maximum atomic E-state index is 13.2. The molecule has 0 aliphatic rings. The maximum Gasteiger partial charge on any atom is 0.329 e. The number of hydrogen-bond acceptors (Lipinski definition) is 5. The zero-order valence-corrected chi connectivity index (χ0v) is 16.2. The van der Waals surface area contributed by atoms with Crippen molar-refractivity contribution in [1.82, 2.24) is 5.32 Å². The number of ether oxygens (including phenoxy) is 1. The highest BCUT2D eigenvalue weighted by molar-refractivity contribution is 6.31. The molecule has 0 aliphatic carbocycles. The Balaban J connectivity index is 1.98. The molecule has 2 rings (SSSR count). The Kier molecular flexibility index (Phi) is 7.17. The fourth-order valence-electron chi connectivity index (χ4n) is 2.24. The van der Waals surface area contributed by atoms with Crippen LogP contribution in [0, 0.1) is 11.7 Å². The minimum absolute atomic E-state index is 0.0532. The second kappa shape index (κ2) is 9.36. The Bertz CT molecular complexity index is 854. The lowest BCUT2D eigenvalue weighted by atomic mass is 10.0. The van der Waals surface area contributed by atoms with E-state index in [1.807, 2.05) is 0 Å². The van der Waals surface area contributed by atoms with Gasteiger partial charge < -0.3 is 19.8 Å². The van der Waals surface area contributed by atoms with Crippen LogP contribution < -0.4 is 10.6 Å². The smallest absolute Gasteiger partial charge is 0.329 e. The van der Waals surface area contributed by atoms with Crippen molar-refractivity contribution in [2.24, 2.45) is 5.92 Å². The second-order valence-electron chi connectivity index (χ2n) is 6.37. The highest BCUT2D eigenvalue weighted by Crippen LogP contribution is 2.19. The lowest BCUT2D eigenvalue weighted by molar-refractivity contribution is -0.156. The molecule has 0 bridgehead atoms. The number of carbonyl (C=O) groups excluding carboxylic acids is 3. The van der Waals surface area contributed by atoms with Crippen LogP contribution >= 0.6 is 11.6 Å². The van der Waals surface area contributed by atoms with Gasteiger partial charge in [0, 0.05) is 5.69 Å². The van der Waals surface area contributed by atoms with Gasteiger partial charge in [-0.2, -0.15) is 0 Å². The number of hydrogen-bond donors (Lipinski definition) is 2. The number of halogens is 2. The topological polar surface area (TPSA) is 97.6 Å². The summed E-state index contributed by atoms with van der Waals surface area (Å²) in [5, 5.41) is 4.86. The second-order valence-corrected chi connectivity index (χ2v) is 6.78. The van der Waals surface area contributed by atoms with Crippen molar-refractivity contribution in [3.8, 4) is 0 Å². The largest absolute Gasteiger partial charge is 0.459 e. The van der Waals surface area contributed by atoms with Crippen molar-refractivity contribution in [3.05, 3.63) is 53.2 Å². The fraction of sp³-hybridized carbons (Fsp3) is 0.316. The number of rotatable bonds is 7. The van der Waals surface area contributed by atoms with Gasteiger partial charge >= 0.3 is 5.97 Å². The third kappa shape index (κ3) is 5.56. The number of benzene rings is 1. The normalized spacial score (nSPS) is 12.9. The molecule has 2 amide bonds. The molecule has 150 valence electrons. The molecule has 2 N–H and O–H groups in total. The van der Waals surface area contributed by atoms with E-state index < -0.39 is 35.7 Å². The summed E-state index contributed by atoms with van der Waals surface area (Å²) in [5.74, 6) is -2.83. The Labute approximate surface area is 166 Å². The van der Waals surface area contributed by atoms with Crippen molar-refractivity contribution in [2.45, 2.75) is 32.9 Å². The zero-order valence-electron chi connectivity index (χ0n) is 15.5. The Morgan fingerprint density at radius 2 is 1.89 bits per heavy atom. The van der Waals surface area contributed by atoms with Crippen LogP contribution in [0.1, 0.15) is 31.3 Å². The molecule has 0 saturated carbocycles. The predicted octanol–water partition coefficient (Wildman–Crippen LogP) is 3.40. The number of esters is 1. The first-order valence-electron chi connectivity index (χ1n) is 8.49. The number of carbonyl (C=O) groups is 3. The Hall–Kier alpha value is -2.87. The minimum atomic E-state index is -1.15. The summed E-state index contributed by atoms with van der Waals surface area (Å²) in [6, 6.07) is 5.70. The summed E-state index contributed by atoms with van der Waals surface area (Å²) < 4.78 is 23.4. The molecule has 0 saturated heterocycles. The molecule has 1 aromatic carbocycles. The van der Waals surface area contributed by atoms with E-state index in [2.05, 4.69) is 10.6 Å². The van der Waals surface area contributed by atoms with Crippen molar-refractivity contribution in [1.29, 1.82) is 0 Å². The molecular weight excluding hydrogens is 391 g/mol. The molecule has 1 heterocycles. The molecular formula is C19H20ClFN2O5. The van der Waals surface area contributed by atoms with Gasteiger partial charge in [0.1, 0.15) is 11.9 Å². The van der Waals surface area contributed by atoms with E-state index >= 15 is 0 Å². The average molecular weight is 411 g/mol. The van der Waals surface area contributed by atoms with E-state index in [9.17, 15) is 18.8 Å². The lowest BCUT2D eigenvalue weighted by Gasteiger charge is -2.22. The summed E-state index contributed by atoms with van der Waals surface area (Å²) in [6.07, 6.45) is 0.184. The maximum absolute atomic E-state index is 13.2. The van der Waals surface area contributed by atoms with Crippen LogP contribution in [0.25, 0.3) is 0 Å². The molecule has 0 spiro atoms. The highest BCUT2D eigenvalue weighted by Gasteiger charge is 2.30. The molecule has 0 fully saturated rings. The molecule has 7 nitrogen and oxygen atoms in total. The highest BCUT2D eigenvalue weighted by atomic mass is 35.5. The summed E-state index contributed by atoms with van der Waals surface area (Å²) in [6.45, 7) is 4.82. The standard InChI is InChI=1S/C19H20ClFN2O5/c1-10(2)16(23-18(25)15-5-4-8-27-15)19(26)28-11(3)17(24)22-12-6-7-14(21)13(20)9-12/h4-11,16H,1-3H3,(H,22,24)(H,23,25)/t11-,16+/m1/s1. The van der Waals surface area contributed by atoms with Crippen molar-refractivity contribution in [2.75, 3.05) is 5.32 Å². The average Bonchev–Trinajstić information content (AvgIpc) is 3.16. The Morgan fingerprint density at radius 1 is 1.18 bits per heavy atom. The summed E-state index contributed by atoms with van der Waals surface area (Å²) >= 11 is 5.67. The lowest BCUT2D eigenvalue weighted by Crippen LogP contribution is -2.47. The van der Waals surface area contributed by atoms with Gasteiger partial charge in [-0.3, -0.25) is 9.59 Å². The summed E-state index contributed by atoms with van der Waals surface area (Å²) in [7, 11) is 0. The van der Waals surface area contributed by atoms with E-state index in [-0.39, 0.29) is 22.4 Å². The van der Waals surface area contributed by atoms with Gasteiger partial charge in [-0.05, 0) is 43.2 Å². The SMILES string of the molecule is CC(C)[C@H](NC(=O)c1ccco1)C(=O)O[C@H](C)C(=O)Nc1ccc(F)c(Cl)c1. The predicted molar refractivity (Wildman–Crippen MR) is 100 cm³/mol. The van der Waals surface area contributed by atoms with Gasteiger partial charge in [0.2, 0.25) is 0 Å². The van der Waals surface area contributed by atoms with Crippen LogP contribution in [0.2, 0.25) is 5.02 Å². The molecule has 2 atom stereocenters. The Morgan fingerprint density at radius 3 is 2.46 bits per heavy atom. The molecule has 2 aromatic rings. The van der Waals surface area contributed by atoms with Crippen LogP contribution in [0.3, 0.4) is 0 Å². The third-order valence-electron chi connectivity index (χ3n) is 3.80. The third-order valence-corrected chi connectivity index (χ3v) is 4.09. The molecule has 0 radical (unpaired) electrons. The summed E-state index contributed by atoms with van der Waals surface area (Å²) in [5.41, 5.74) is 0.255. The van der Waals surface area contributed by atoms with E-state index in [4.69, 9.17) is 20.8 Å². The first kappa shape index (κ1) is 21.4. The van der Waals surface area contributed by atoms with Crippen LogP contribution in [-0.2, 0) is 14.3 Å². The molecule has 0 aliphatic heterocycles. The molecule has 1 aromatic heterocycles. The number of nitrogens with one attached hydrogen (secondary N) is 2. The van der Waals surface area contributed by atoms with Crippen LogP contribution in [0.15, 0.2) is 41.0 Å². The van der Waals surface area contributed by atoms with Crippen LogP contribution in [0.5, 0.6) is 0 Å². The van der Waals surface area contributed by atoms with E-state index in [1.165, 1.54) is 31.4 Å². The van der Waals surface area contributed by atoms with Gasteiger partial charge in [-0.25, -0.2) is 9.18 Å². The van der Waals surface area contributed by atoms with Crippen LogP contribution in [-0.4, -0.2) is 29.9 Å². The number of amides is 2. The number of furan rings is 1. The first-order chi connectivity index (χ1) is 13.2. The zero-order chi connectivity index (χ0) is 20.8. The monoisotopic (exact) mass is 410 g/mol. The molecule has 9 heteroatoms. The minimum Gasteiger partial charge on any atom is -0.459 e. The molecule has 0 unspecified atom stereocenters. The van der Waals surface area contributed by atoms with E-state index in [1.54, 1.807) is 19.9 Å². The van der Waals surface area contributed by atoms with Crippen molar-refractivity contribution >= 4 is 35.1 Å². The van der Waals surface area contributed by atoms with Crippen molar-refractivity contribution in [3.63, 3.8) is 0 Å². The first-order valence-corrected chi connectivity index (χ1v) is 8.87. The van der Waals surface area contributed by atoms with Crippen molar-refractivity contribution < 1.29 is 27.9 Å². The van der Waals surface area contributed by atoms with E-state index in [0.717, 1.165) is 6.07 Å². The van der Waals surface area contributed by atoms with Gasteiger partial charge in [-0.15, -0.1) is 0 Å². The summed E-state index contributed by atoms with van der Waals surface area (Å²) in [4.78, 5) is 36.8. The van der Waals surface area contributed by atoms with Gasteiger partial charge in [0.05, 0.1) is 11.3 Å². The molecule has 28 heavy (non-hydrogen) atoms.